The third kappa shape index (κ3) is 3.86. The zero-order chi connectivity index (χ0) is 19.7. The van der Waals surface area contributed by atoms with Crippen molar-refractivity contribution in [3.05, 3.63) is 41.5 Å². The maximum atomic E-state index is 12.5. The maximum Gasteiger partial charge on any atom is 0.251 e. The number of fused-ring (bicyclic) bond motifs is 1. The molecule has 144 valence electrons. The minimum atomic E-state index is -0.137. The monoisotopic (exact) mass is 369 g/mol. The Morgan fingerprint density at radius 1 is 1.26 bits per heavy atom. The molecule has 2 heterocycles. The van der Waals surface area contributed by atoms with E-state index in [1.807, 2.05) is 30.7 Å². The Labute approximate surface area is 159 Å². The summed E-state index contributed by atoms with van der Waals surface area (Å²) in [7, 11) is 0. The van der Waals surface area contributed by atoms with Crippen LogP contribution in [-0.2, 0) is 4.79 Å². The van der Waals surface area contributed by atoms with Crippen molar-refractivity contribution in [2.24, 2.45) is 5.92 Å². The van der Waals surface area contributed by atoms with Gasteiger partial charge >= 0.3 is 0 Å². The summed E-state index contributed by atoms with van der Waals surface area (Å²) < 4.78 is 1.81. The number of nitrogens with zero attached hydrogens (tertiary/aromatic N) is 4. The van der Waals surface area contributed by atoms with Crippen LogP contribution in [-0.4, -0.2) is 39.7 Å². The lowest BCUT2D eigenvalue weighted by Gasteiger charge is -2.15. The summed E-state index contributed by atoms with van der Waals surface area (Å²) in [5.74, 6) is 0.787. The molecule has 0 spiro atoms. The van der Waals surface area contributed by atoms with Crippen molar-refractivity contribution in [1.82, 2.24) is 20.1 Å². The highest BCUT2D eigenvalue weighted by Gasteiger charge is 2.35. The number of aromatic nitrogens is 3. The number of carbonyl (C=O) groups is 2. The van der Waals surface area contributed by atoms with Gasteiger partial charge in [-0.2, -0.15) is 5.10 Å². The fourth-order valence-corrected chi connectivity index (χ4v) is 3.21. The predicted molar refractivity (Wildman–Crippen MR) is 104 cm³/mol. The first kappa shape index (κ1) is 19.1. The largest absolute Gasteiger partial charge is 0.352 e. The third-order valence-electron chi connectivity index (χ3n) is 4.74. The fourth-order valence-electron chi connectivity index (χ4n) is 3.21. The number of amides is 2. The lowest BCUT2D eigenvalue weighted by molar-refractivity contribution is -0.116. The quantitative estimate of drug-likeness (QED) is 0.879. The van der Waals surface area contributed by atoms with Crippen LogP contribution in [0.3, 0.4) is 0 Å². The number of rotatable bonds is 5. The summed E-state index contributed by atoms with van der Waals surface area (Å²) in [6.45, 7) is 10.9. The summed E-state index contributed by atoms with van der Waals surface area (Å²) in [6, 6.07) is 5.70. The van der Waals surface area contributed by atoms with E-state index in [1.165, 1.54) is 0 Å². The van der Waals surface area contributed by atoms with Crippen LogP contribution in [0, 0.1) is 5.92 Å². The van der Waals surface area contributed by atoms with E-state index < -0.39 is 0 Å². The van der Waals surface area contributed by atoms with E-state index in [0.29, 0.717) is 30.4 Å². The molecule has 7 heteroatoms. The van der Waals surface area contributed by atoms with Crippen molar-refractivity contribution in [3.8, 4) is 0 Å². The summed E-state index contributed by atoms with van der Waals surface area (Å²) in [6.07, 6.45) is 1.72. The lowest BCUT2D eigenvalue weighted by Crippen LogP contribution is -2.27. The van der Waals surface area contributed by atoms with Gasteiger partial charge in [0.1, 0.15) is 6.33 Å². The van der Waals surface area contributed by atoms with Gasteiger partial charge in [-0.15, -0.1) is 0 Å². The Morgan fingerprint density at radius 2 is 2.00 bits per heavy atom. The first-order valence-corrected chi connectivity index (χ1v) is 9.39. The Bertz CT molecular complexity index is 856. The standard InChI is InChI=1S/C20H27N5O2/c1-12(2)9-21-20(27)15-6-7-18-16(8-15)17(10-24(18)14(5)26)19-22-11-25(23-19)13(3)4/h6-8,11-13,17H,9-10H2,1-5H3,(H,21,27)/t17-/m0/s1. The minimum Gasteiger partial charge on any atom is -0.352 e. The van der Waals surface area contributed by atoms with E-state index in [2.05, 4.69) is 29.2 Å². The second-order valence-electron chi connectivity index (χ2n) is 7.74. The number of nitrogens with one attached hydrogen (secondary N) is 1. The first-order chi connectivity index (χ1) is 12.8. The van der Waals surface area contributed by atoms with Crippen molar-refractivity contribution in [3.63, 3.8) is 0 Å². The number of hydrogen-bond donors (Lipinski definition) is 1. The molecule has 1 N–H and O–H groups in total. The molecule has 7 nitrogen and oxygen atoms in total. The van der Waals surface area contributed by atoms with E-state index in [4.69, 9.17) is 0 Å². The molecule has 2 aromatic rings. The van der Waals surface area contributed by atoms with Crippen LogP contribution in [0.5, 0.6) is 0 Å². The number of carbonyl (C=O) groups excluding carboxylic acids is 2. The van der Waals surface area contributed by atoms with Gasteiger partial charge < -0.3 is 10.2 Å². The van der Waals surface area contributed by atoms with Crippen molar-refractivity contribution >= 4 is 17.5 Å². The number of anilines is 1. The molecule has 2 amide bonds. The van der Waals surface area contributed by atoms with Gasteiger partial charge in [-0.1, -0.05) is 13.8 Å². The molecule has 0 radical (unpaired) electrons. The van der Waals surface area contributed by atoms with Gasteiger partial charge in [0.2, 0.25) is 5.91 Å². The van der Waals surface area contributed by atoms with E-state index in [-0.39, 0.29) is 23.8 Å². The van der Waals surface area contributed by atoms with Gasteiger partial charge in [0, 0.05) is 37.3 Å². The molecular weight excluding hydrogens is 342 g/mol. The fraction of sp³-hybridized carbons (Fsp3) is 0.500. The second kappa shape index (κ2) is 7.50. The number of benzene rings is 1. The molecule has 0 aliphatic carbocycles. The van der Waals surface area contributed by atoms with Gasteiger partial charge in [0.05, 0.1) is 5.92 Å². The molecule has 0 bridgehead atoms. The molecule has 1 aromatic carbocycles. The van der Waals surface area contributed by atoms with E-state index in [9.17, 15) is 9.59 Å². The lowest BCUT2D eigenvalue weighted by atomic mass is 9.98. The first-order valence-electron chi connectivity index (χ1n) is 9.39. The van der Waals surface area contributed by atoms with Crippen molar-refractivity contribution in [2.45, 2.75) is 46.6 Å². The molecule has 1 aliphatic heterocycles. The van der Waals surface area contributed by atoms with Gasteiger partial charge in [0.15, 0.2) is 5.82 Å². The highest BCUT2D eigenvalue weighted by molar-refractivity contribution is 5.98. The summed E-state index contributed by atoms with van der Waals surface area (Å²) in [4.78, 5) is 30.8. The zero-order valence-corrected chi connectivity index (χ0v) is 16.6. The van der Waals surface area contributed by atoms with E-state index >= 15 is 0 Å². The average Bonchev–Trinajstić information content (AvgIpc) is 3.23. The molecule has 27 heavy (non-hydrogen) atoms. The molecule has 3 rings (SSSR count). The van der Waals surface area contributed by atoms with Crippen LogP contribution in [0.4, 0.5) is 5.69 Å². The van der Waals surface area contributed by atoms with Crippen LogP contribution in [0.15, 0.2) is 24.5 Å². The predicted octanol–water partition coefficient (Wildman–Crippen LogP) is 2.74. The summed E-state index contributed by atoms with van der Waals surface area (Å²) >= 11 is 0. The van der Waals surface area contributed by atoms with E-state index in [1.54, 1.807) is 24.2 Å². The van der Waals surface area contributed by atoms with Crippen molar-refractivity contribution in [2.75, 3.05) is 18.0 Å². The van der Waals surface area contributed by atoms with Gasteiger partial charge in [-0.3, -0.25) is 14.3 Å². The van der Waals surface area contributed by atoms with Crippen LogP contribution in [0.2, 0.25) is 0 Å². The Hall–Kier alpha value is -2.70. The third-order valence-corrected chi connectivity index (χ3v) is 4.74. The molecule has 1 aromatic heterocycles. The van der Waals surface area contributed by atoms with Gasteiger partial charge in [0.25, 0.3) is 5.91 Å². The maximum absolute atomic E-state index is 12.5. The summed E-state index contributed by atoms with van der Waals surface area (Å²) in [5.41, 5.74) is 2.34. The van der Waals surface area contributed by atoms with Gasteiger partial charge in [-0.25, -0.2) is 4.98 Å². The highest BCUT2D eigenvalue weighted by Crippen LogP contribution is 2.39. The van der Waals surface area contributed by atoms with Crippen molar-refractivity contribution in [1.29, 1.82) is 0 Å². The minimum absolute atomic E-state index is 0.0287. The Balaban J connectivity index is 1.96. The zero-order valence-electron chi connectivity index (χ0n) is 16.6. The van der Waals surface area contributed by atoms with Crippen molar-refractivity contribution < 1.29 is 9.59 Å². The van der Waals surface area contributed by atoms with Gasteiger partial charge in [-0.05, 0) is 43.5 Å². The van der Waals surface area contributed by atoms with Crippen LogP contribution in [0.25, 0.3) is 0 Å². The molecule has 0 saturated carbocycles. The topological polar surface area (TPSA) is 80.1 Å². The van der Waals surface area contributed by atoms with Crippen LogP contribution < -0.4 is 10.2 Å². The molecular formula is C20H27N5O2. The Morgan fingerprint density at radius 3 is 2.59 bits per heavy atom. The molecule has 0 fully saturated rings. The summed E-state index contributed by atoms with van der Waals surface area (Å²) in [5, 5.41) is 7.53. The molecule has 0 saturated heterocycles. The Kier molecular flexibility index (Phi) is 5.30. The number of hydrogen-bond acceptors (Lipinski definition) is 4. The van der Waals surface area contributed by atoms with Crippen LogP contribution >= 0.6 is 0 Å². The van der Waals surface area contributed by atoms with E-state index in [0.717, 1.165) is 11.3 Å². The smallest absolute Gasteiger partial charge is 0.251 e. The average molecular weight is 369 g/mol. The normalized spacial score (nSPS) is 16.1. The SMILES string of the molecule is CC(=O)N1C[C@H](c2ncn(C(C)C)n2)c2cc(C(=O)NCC(C)C)ccc21. The molecule has 1 aliphatic rings. The molecule has 0 unspecified atom stereocenters. The molecule has 1 atom stereocenters. The highest BCUT2D eigenvalue weighted by atomic mass is 16.2. The second-order valence-corrected chi connectivity index (χ2v) is 7.74. The van der Waals surface area contributed by atoms with Crippen LogP contribution in [0.1, 0.15) is 68.3 Å².